The van der Waals surface area contributed by atoms with Crippen LogP contribution in [0, 0.1) is 12.7 Å². The Bertz CT molecular complexity index is 1090. The smallest absolute Gasteiger partial charge is 0.196 e. The Morgan fingerprint density at radius 3 is 2.36 bits per heavy atom. The van der Waals surface area contributed by atoms with E-state index in [1.54, 1.807) is 23.9 Å². The fraction of sp³-hybridized carbons (Fsp3) is 0.0909. The van der Waals surface area contributed by atoms with E-state index < -0.39 is 0 Å². The molecule has 0 spiro atoms. The summed E-state index contributed by atoms with van der Waals surface area (Å²) in [6.07, 6.45) is 0. The first-order chi connectivity index (χ1) is 13.6. The van der Waals surface area contributed by atoms with Crippen LogP contribution in [0.5, 0.6) is 0 Å². The highest BCUT2D eigenvalue weighted by atomic mass is 35.5. The van der Waals surface area contributed by atoms with Gasteiger partial charge in [0.25, 0.3) is 0 Å². The normalized spacial score (nSPS) is 11.0. The summed E-state index contributed by atoms with van der Waals surface area (Å²) in [6, 6.07) is 22.2. The van der Waals surface area contributed by atoms with Gasteiger partial charge in [-0.3, -0.25) is 4.57 Å². The number of hydrogen-bond donors (Lipinski definition) is 0. The second-order valence-electron chi connectivity index (χ2n) is 6.35. The first-order valence-electron chi connectivity index (χ1n) is 8.76. The van der Waals surface area contributed by atoms with Crippen LogP contribution in [0.1, 0.15) is 11.1 Å². The minimum Gasteiger partial charge on any atom is -0.270 e. The molecule has 0 saturated carbocycles. The predicted molar refractivity (Wildman–Crippen MR) is 113 cm³/mol. The standard InChI is InChI=1S/C22H17ClFN3S/c1-15-4-2-3-5-20(15)27-21(17-8-10-18(23)11-9-17)25-26-22(27)28-14-16-6-12-19(24)13-7-16/h2-13H,14H2,1H3. The van der Waals surface area contributed by atoms with Gasteiger partial charge in [0.1, 0.15) is 5.82 Å². The van der Waals surface area contributed by atoms with E-state index in [4.69, 9.17) is 11.6 Å². The molecule has 0 aliphatic rings. The average Bonchev–Trinajstić information content (AvgIpc) is 3.12. The molecule has 28 heavy (non-hydrogen) atoms. The monoisotopic (exact) mass is 409 g/mol. The number of aromatic nitrogens is 3. The van der Waals surface area contributed by atoms with Crippen molar-refractivity contribution in [2.24, 2.45) is 0 Å². The molecule has 0 unspecified atom stereocenters. The van der Waals surface area contributed by atoms with Gasteiger partial charge in [-0.05, 0) is 60.5 Å². The highest BCUT2D eigenvalue weighted by molar-refractivity contribution is 7.98. The summed E-state index contributed by atoms with van der Waals surface area (Å²) in [5.74, 6) is 1.19. The van der Waals surface area contributed by atoms with E-state index in [0.29, 0.717) is 10.8 Å². The van der Waals surface area contributed by atoms with Crippen molar-refractivity contribution in [2.45, 2.75) is 17.8 Å². The Kier molecular flexibility index (Phi) is 5.46. The van der Waals surface area contributed by atoms with Crippen LogP contribution in [0.15, 0.2) is 78.0 Å². The summed E-state index contributed by atoms with van der Waals surface area (Å²) in [5, 5.41) is 10.3. The molecule has 0 amide bonds. The molecule has 140 valence electrons. The molecular formula is C22H17ClFN3S. The van der Waals surface area contributed by atoms with Gasteiger partial charge in [-0.1, -0.05) is 53.7 Å². The fourth-order valence-electron chi connectivity index (χ4n) is 2.91. The molecule has 4 rings (SSSR count). The summed E-state index contributed by atoms with van der Waals surface area (Å²) in [6.45, 7) is 2.06. The van der Waals surface area contributed by atoms with Crippen molar-refractivity contribution in [2.75, 3.05) is 0 Å². The molecule has 6 heteroatoms. The zero-order valence-electron chi connectivity index (χ0n) is 15.1. The molecule has 4 aromatic rings. The van der Waals surface area contributed by atoms with Crippen LogP contribution < -0.4 is 0 Å². The number of para-hydroxylation sites is 1. The van der Waals surface area contributed by atoms with Gasteiger partial charge in [0.05, 0.1) is 5.69 Å². The van der Waals surface area contributed by atoms with Crippen molar-refractivity contribution in [3.63, 3.8) is 0 Å². The Balaban J connectivity index is 1.75. The second kappa shape index (κ2) is 8.17. The quantitative estimate of drug-likeness (QED) is 0.361. The van der Waals surface area contributed by atoms with Gasteiger partial charge in [-0.2, -0.15) is 0 Å². The largest absolute Gasteiger partial charge is 0.270 e. The van der Waals surface area contributed by atoms with Gasteiger partial charge >= 0.3 is 0 Å². The van der Waals surface area contributed by atoms with Crippen molar-refractivity contribution in [1.29, 1.82) is 0 Å². The predicted octanol–water partition coefficient (Wildman–Crippen LogP) is 6.33. The molecule has 1 heterocycles. The first kappa shape index (κ1) is 18.7. The number of benzene rings is 3. The zero-order valence-corrected chi connectivity index (χ0v) is 16.7. The first-order valence-corrected chi connectivity index (χ1v) is 10.1. The van der Waals surface area contributed by atoms with Gasteiger partial charge in [0.2, 0.25) is 0 Å². The maximum atomic E-state index is 13.2. The van der Waals surface area contributed by atoms with E-state index in [0.717, 1.165) is 33.4 Å². The Labute approximate surface area is 172 Å². The van der Waals surface area contributed by atoms with Crippen LogP contribution in [0.25, 0.3) is 17.1 Å². The molecule has 0 saturated heterocycles. The molecule has 0 radical (unpaired) electrons. The van der Waals surface area contributed by atoms with E-state index in [1.807, 2.05) is 36.4 Å². The second-order valence-corrected chi connectivity index (χ2v) is 7.73. The van der Waals surface area contributed by atoms with Crippen LogP contribution in [0.3, 0.4) is 0 Å². The topological polar surface area (TPSA) is 30.7 Å². The summed E-state index contributed by atoms with van der Waals surface area (Å²) in [7, 11) is 0. The van der Waals surface area contributed by atoms with E-state index in [2.05, 4.69) is 33.8 Å². The summed E-state index contributed by atoms with van der Waals surface area (Å²) >= 11 is 7.61. The van der Waals surface area contributed by atoms with Gasteiger partial charge in [-0.25, -0.2) is 4.39 Å². The molecule has 1 aromatic heterocycles. The van der Waals surface area contributed by atoms with Gasteiger partial charge in [-0.15, -0.1) is 10.2 Å². The van der Waals surface area contributed by atoms with Gasteiger partial charge < -0.3 is 0 Å². The zero-order chi connectivity index (χ0) is 19.5. The van der Waals surface area contributed by atoms with Crippen molar-refractivity contribution in [3.05, 3.63) is 94.8 Å². The molecule has 0 fully saturated rings. The SMILES string of the molecule is Cc1ccccc1-n1c(SCc2ccc(F)cc2)nnc1-c1ccc(Cl)cc1. The van der Waals surface area contributed by atoms with E-state index >= 15 is 0 Å². The van der Waals surface area contributed by atoms with Crippen LogP contribution in [-0.4, -0.2) is 14.8 Å². The van der Waals surface area contributed by atoms with E-state index in [1.165, 1.54) is 12.1 Å². The van der Waals surface area contributed by atoms with Crippen molar-refractivity contribution in [3.8, 4) is 17.1 Å². The lowest BCUT2D eigenvalue weighted by Crippen LogP contribution is -2.02. The summed E-state index contributed by atoms with van der Waals surface area (Å²) < 4.78 is 15.2. The lowest BCUT2D eigenvalue weighted by atomic mass is 10.1. The van der Waals surface area contributed by atoms with E-state index in [9.17, 15) is 4.39 Å². The fourth-order valence-corrected chi connectivity index (χ4v) is 3.94. The Morgan fingerprint density at radius 1 is 0.929 bits per heavy atom. The molecule has 0 aliphatic carbocycles. The number of nitrogens with zero attached hydrogens (tertiary/aromatic N) is 3. The summed E-state index contributed by atoms with van der Waals surface area (Å²) in [5.41, 5.74) is 4.12. The lowest BCUT2D eigenvalue weighted by Gasteiger charge is -2.13. The number of hydrogen-bond acceptors (Lipinski definition) is 3. The molecule has 0 aliphatic heterocycles. The van der Waals surface area contributed by atoms with Crippen molar-refractivity contribution in [1.82, 2.24) is 14.8 Å². The maximum absolute atomic E-state index is 13.2. The third kappa shape index (κ3) is 3.96. The van der Waals surface area contributed by atoms with Crippen LogP contribution in [0.4, 0.5) is 4.39 Å². The van der Waals surface area contributed by atoms with Crippen molar-refractivity contribution < 1.29 is 4.39 Å². The van der Waals surface area contributed by atoms with Crippen molar-refractivity contribution >= 4 is 23.4 Å². The Morgan fingerprint density at radius 2 is 1.64 bits per heavy atom. The molecular weight excluding hydrogens is 393 g/mol. The number of thioether (sulfide) groups is 1. The van der Waals surface area contributed by atoms with Crippen LogP contribution >= 0.6 is 23.4 Å². The third-order valence-corrected chi connectivity index (χ3v) is 5.63. The third-order valence-electron chi connectivity index (χ3n) is 4.37. The molecule has 0 bridgehead atoms. The van der Waals surface area contributed by atoms with Gasteiger partial charge in [0.15, 0.2) is 11.0 Å². The number of halogens is 2. The summed E-state index contributed by atoms with van der Waals surface area (Å²) in [4.78, 5) is 0. The highest BCUT2D eigenvalue weighted by Gasteiger charge is 2.17. The lowest BCUT2D eigenvalue weighted by molar-refractivity contribution is 0.627. The van der Waals surface area contributed by atoms with Crippen LogP contribution in [0.2, 0.25) is 5.02 Å². The molecule has 3 aromatic carbocycles. The number of rotatable bonds is 5. The minimum absolute atomic E-state index is 0.234. The van der Waals surface area contributed by atoms with E-state index in [-0.39, 0.29) is 5.82 Å². The Hall–Kier alpha value is -2.63. The minimum atomic E-state index is -0.234. The highest BCUT2D eigenvalue weighted by Crippen LogP contribution is 2.31. The maximum Gasteiger partial charge on any atom is 0.196 e. The van der Waals surface area contributed by atoms with Gasteiger partial charge in [0, 0.05) is 16.3 Å². The molecule has 3 nitrogen and oxygen atoms in total. The number of aryl methyl sites for hydroxylation is 1. The van der Waals surface area contributed by atoms with Crippen LogP contribution in [-0.2, 0) is 5.75 Å². The molecule has 0 N–H and O–H groups in total. The average molecular weight is 410 g/mol. The molecule has 0 atom stereocenters.